The number of aliphatic hydroxyl groups is 1. The van der Waals surface area contributed by atoms with Gasteiger partial charge in [0.05, 0.1) is 11.6 Å². The predicted octanol–water partition coefficient (Wildman–Crippen LogP) is 3.04. The van der Waals surface area contributed by atoms with Crippen molar-refractivity contribution < 1.29 is 5.11 Å². The average molecular weight is 357 g/mol. The molecule has 5 nitrogen and oxygen atoms in total. The minimum Gasteiger partial charge on any atom is -0.391 e. The molecule has 1 aromatic carbocycles. The fraction of sp³-hybridized carbons (Fsp3) is 0.368. The Kier molecular flexibility index (Phi) is 4.70. The van der Waals surface area contributed by atoms with Crippen molar-refractivity contribution >= 4 is 22.6 Å². The number of benzene rings is 1. The van der Waals surface area contributed by atoms with Crippen LogP contribution in [0, 0.1) is 5.92 Å². The molecule has 25 heavy (non-hydrogen) atoms. The number of H-pyrrole nitrogens is 1. The molecule has 1 aliphatic heterocycles. The molecule has 0 unspecified atom stereocenters. The molecule has 0 saturated carbocycles. The molecule has 3 aromatic rings. The zero-order valence-corrected chi connectivity index (χ0v) is 14.7. The van der Waals surface area contributed by atoms with Gasteiger partial charge in [-0.25, -0.2) is 9.97 Å². The van der Waals surface area contributed by atoms with Gasteiger partial charge in [-0.05, 0) is 24.3 Å². The lowest BCUT2D eigenvalue weighted by Crippen LogP contribution is -2.21. The van der Waals surface area contributed by atoms with Crippen molar-refractivity contribution in [2.45, 2.75) is 25.5 Å². The maximum Gasteiger partial charge on any atom is 0.156 e. The summed E-state index contributed by atoms with van der Waals surface area (Å²) in [7, 11) is 0. The van der Waals surface area contributed by atoms with Crippen molar-refractivity contribution in [2.75, 3.05) is 13.1 Å². The van der Waals surface area contributed by atoms with Crippen LogP contribution in [0.4, 0.5) is 0 Å². The summed E-state index contributed by atoms with van der Waals surface area (Å²) in [5.41, 5.74) is 4.06. The minimum atomic E-state index is -0.271. The number of likely N-dealkylation sites (tertiary alicyclic amines) is 1. The van der Waals surface area contributed by atoms with E-state index in [1.54, 1.807) is 0 Å². The standard InChI is InChI=1S/C19H21ClN4O/c20-19-18-17(22-12-23-19)15(8-21-18)10-24-9-14(16(25)11-24)7-6-13-4-2-1-3-5-13/h1-5,8,12,14,16,21,25H,6-7,9-11H2/t14-,16-/m0/s1. The maximum atomic E-state index is 10.4. The Balaban J connectivity index is 1.40. The first-order valence-electron chi connectivity index (χ1n) is 8.61. The van der Waals surface area contributed by atoms with Gasteiger partial charge in [-0.15, -0.1) is 0 Å². The number of aliphatic hydroxyl groups excluding tert-OH is 1. The Bertz CT molecular complexity index is 851. The highest BCUT2D eigenvalue weighted by Crippen LogP contribution is 2.27. The van der Waals surface area contributed by atoms with Crippen LogP contribution in [-0.4, -0.2) is 44.2 Å². The number of hydrogen-bond acceptors (Lipinski definition) is 4. The molecule has 1 fully saturated rings. The van der Waals surface area contributed by atoms with Gasteiger partial charge in [0.1, 0.15) is 11.8 Å². The Morgan fingerprint density at radius 3 is 2.88 bits per heavy atom. The van der Waals surface area contributed by atoms with Crippen LogP contribution in [0.2, 0.25) is 5.15 Å². The van der Waals surface area contributed by atoms with Gasteiger partial charge < -0.3 is 10.1 Å². The second-order valence-corrected chi connectivity index (χ2v) is 7.11. The van der Waals surface area contributed by atoms with Crippen LogP contribution in [0.5, 0.6) is 0 Å². The molecule has 0 radical (unpaired) electrons. The summed E-state index contributed by atoms with van der Waals surface area (Å²) >= 11 is 6.10. The number of rotatable bonds is 5. The van der Waals surface area contributed by atoms with Crippen LogP contribution in [0.25, 0.3) is 11.0 Å². The normalized spacial score (nSPS) is 21.2. The fourth-order valence-electron chi connectivity index (χ4n) is 3.68. The third-order valence-corrected chi connectivity index (χ3v) is 5.31. The highest BCUT2D eigenvalue weighted by atomic mass is 35.5. The molecule has 2 atom stereocenters. The number of aryl methyl sites for hydroxylation is 1. The van der Waals surface area contributed by atoms with Gasteiger partial charge in [0.2, 0.25) is 0 Å². The lowest BCUT2D eigenvalue weighted by molar-refractivity contribution is 0.137. The number of nitrogens with one attached hydrogen (secondary N) is 1. The van der Waals surface area contributed by atoms with Gasteiger partial charge >= 0.3 is 0 Å². The molecule has 130 valence electrons. The van der Waals surface area contributed by atoms with Crippen LogP contribution in [0.3, 0.4) is 0 Å². The Labute approximate surface area is 151 Å². The van der Waals surface area contributed by atoms with Gasteiger partial charge in [-0.2, -0.15) is 0 Å². The van der Waals surface area contributed by atoms with E-state index in [-0.39, 0.29) is 6.10 Å². The maximum absolute atomic E-state index is 10.4. The average Bonchev–Trinajstić information content (AvgIpc) is 3.19. The third kappa shape index (κ3) is 3.54. The summed E-state index contributed by atoms with van der Waals surface area (Å²) in [6.07, 6.45) is 5.17. The lowest BCUT2D eigenvalue weighted by Gasteiger charge is -2.15. The van der Waals surface area contributed by atoms with Gasteiger partial charge in [0, 0.05) is 31.4 Å². The zero-order chi connectivity index (χ0) is 17.2. The van der Waals surface area contributed by atoms with Crippen LogP contribution < -0.4 is 0 Å². The van der Waals surface area contributed by atoms with E-state index in [0.29, 0.717) is 17.6 Å². The number of hydrogen-bond donors (Lipinski definition) is 2. The predicted molar refractivity (Wildman–Crippen MR) is 98.4 cm³/mol. The molecule has 1 aliphatic rings. The lowest BCUT2D eigenvalue weighted by atomic mass is 9.97. The minimum absolute atomic E-state index is 0.271. The van der Waals surface area contributed by atoms with Crippen LogP contribution in [0.15, 0.2) is 42.9 Å². The van der Waals surface area contributed by atoms with Crippen molar-refractivity contribution in [3.05, 3.63) is 59.1 Å². The SMILES string of the molecule is O[C@H]1CN(Cc2c[nH]c3c(Cl)ncnc23)C[C@@H]1CCc1ccccc1. The molecule has 1 saturated heterocycles. The molecule has 4 rings (SSSR count). The molecular formula is C19H21ClN4O. The number of fused-ring (bicyclic) bond motifs is 1. The van der Waals surface area contributed by atoms with Crippen molar-refractivity contribution in [3.63, 3.8) is 0 Å². The molecule has 2 aromatic heterocycles. The summed E-state index contributed by atoms with van der Waals surface area (Å²) in [6.45, 7) is 2.36. The molecule has 2 N–H and O–H groups in total. The highest BCUT2D eigenvalue weighted by molar-refractivity contribution is 6.33. The van der Waals surface area contributed by atoms with Crippen molar-refractivity contribution in [3.8, 4) is 0 Å². The quantitative estimate of drug-likeness (QED) is 0.690. The molecular weight excluding hydrogens is 336 g/mol. The molecule has 0 amide bonds. The van der Waals surface area contributed by atoms with Crippen LogP contribution in [-0.2, 0) is 13.0 Å². The van der Waals surface area contributed by atoms with Gasteiger partial charge in [-0.3, -0.25) is 4.90 Å². The topological polar surface area (TPSA) is 65.0 Å². The molecule has 6 heteroatoms. The monoisotopic (exact) mass is 356 g/mol. The molecule has 0 aliphatic carbocycles. The Hall–Kier alpha value is -1.95. The number of nitrogens with zero attached hydrogens (tertiary/aromatic N) is 3. The highest BCUT2D eigenvalue weighted by Gasteiger charge is 2.31. The summed E-state index contributed by atoms with van der Waals surface area (Å²) < 4.78 is 0. The van der Waals surface area contributed by atoms with E-state index in [0.717, 1.165) is 42.5 Å². The smallest absolute Gasteiger partial charge is 0.156 e. The third-order valence-electron chi connectivity index (χ3n) is 5.02. The second-order valence-electron chi connectivity index (χ2n) is 6.75. The second kappa shape index (κ2) is 7.12. The van der Waals surface area contributed by atoms with Crippen molar-refractivity contribution in [2.24, 2.45) is 5.92 Å². The van der Waals surface area contributed by atoms with E-state index in [4.69, 9.17) is 11.6 Å². The van der Waals surface area contributed by atoms with Gasteiger partial charge in [-0.1, -0.05) is 41.9 Å². The first-order chi connectivity index (χ1) is 12.2. The molecule has 0 bridgehead atoms. The summed E-state index contributed by atoms with van der Waals surface area (Å²) in [6, 6.07) is 10.5. The van der Waals surface area contributed by atoms with E-state index in [2.05, 4.69) is 44.1 Å². The largest absolute Gasteiger partial charge is 0.391 e. The number of halogens is 1. The molecule has 0 spiro atoms. The molecule has 3 heterocycles. The van der Waals surface area contributed by atoms with Crippen LogP contribution in [0.1, 0.15) is 17.5 Å². The first kappa shape index (κ1) is 16.5. The van der Waals surface area contributed by atoms with Crippen molar-refractivity contribution in [1.82, 2.24) is 19.9 Å². The summed E-state index contributed by atoms with van der Waals surface area (Å²) in [4.78, 5) is 13.8. The Morgan fingerprint density at radius 1 is 1.20 bits per heavy atom. The number of aromatic nitrogens is 3. The summed E-state index contributed by atoms with van der Waals surface area (Å²) in [5, 5.41) is 10.9. The van der Waals surface area contributed by atoms with E-state index < -0.39 is 0 Å². The van der Waals surface area contributed by atoms with Crippen LogP contribution >= 0.6 is 11.6 Å². The summed E-state index contributed by atoms with van der Waals surface area (Å²) in [5.74, 6) is 0.309. The van der Waals surface area contributed by atoms with E-state index >= 15 is 0 Å². The van der Waals surface area contributed by atoms with E-state index in [9.17, 15) is 5.11 Å². The Morgan fingerprint density at radius 2 is 2.04 bits per heavy atom. The zero-order valence-electron chi connectivity index (χ0n) is 13.9. The number of β-amino-alcohol motifs (C(OH)–C–C–N with tert-alkyl or cyclic N) is 1. The fourth-order valence-corrected chi connectivity index (χ4v) is 3.86. The van der Waals surface area contributed by atoms with Gasteiger partial charge in [0.25, 0.3) is 0 Å². The van der Waals surface area contributed by atoms with Crippen molar-refractivity contribution in [1.29, 1.82) is 0 Å². The first-order valence-corrected chi connectivity index (χ1v) is 8.99. The van der Waals surface area contributed by atoms with E-state index in [1.807, 2.05) is 12.3 Å². The number of aromatic amines is 1. The van der Waals surface area contributed by atoms with Gasteiger partial charge in [0.15, 0.2) is 5.15 Å². The van der Waals surface area contributed by atoms with E-state index in [1.165, 1.54) is 11.9 Å².